The van der Waals surface area contributed by atoms with E-state index in [9.17, 15) is 4.79 Å². The first-order valence-corrected chi connectivity index (χ1v) is 14.6. The van der Waals surface area contributed by atoms with Crippen LogP contribution in [0, 0.1) is 6.92 Å². The lowest BCUT2D eigenvalue weighted by Crippen LogP contribution is -2.46. The van der Waals surface area contributed by atoms with Crippen molar-refractivity contribution < 1.29 is 9.21 Å². The van der Waals surface area contributed by atoms with Gasteiger partial charge in [-0.25, -0.2) is 4.98 Å². The average Bonchev–Trinajstić information content (AvgIpc) is 3.54. The number of amides is 1. The van der Waals surface area contributed by atoms with E-state index in [2.05, 4.69) is 64.2 Å². The first-order chi connectivity index (χ1) is 20.6. The molecule has 1 saturated heterocycles. The molecule has 8 nitrogen and oxygen atoms in total. The zero-order chi connectivity index (χ0) is 28.7. The quantitative estimate of drug-likeness (QED) is 0.174. The molecule has 1 unspecified atom stereocenters. The van der Waals surface area contributed by atoms with Crippen LogP contribution in [-0.4, -0.2) is 33.4 Å². The van der Waals surface area contributed by atoms with Crippen LogP contribution in [-0.2, 0) is 24.4 Å². The minimum absolute atomic E-state index is 0.0638. The predicted octanol–water partition coefficient (Wildman–Crippen LogP) is 6.75. The number of nitrogens with one attached hydrogen (secondary N) is 3. The van der Waals surface area contributed by atoms with Crippen molar-refractivity contribution in [3.05, 3.63) is 114 Å². The molecule has 214 valence electrons. The van der Waals surface area contributed by atoms with Gasteiger partial charge in [0.25, 0.3) is 0 Å². The first kappa shape index (κ1) is 27.5. The molecule has 1 aliphatic rings. The number of carbonyl (C=O) groups is 1. The van der Waals surface area contributed by atoms with Gasteiger partial charge in [-0.1, -0.05) is 60.5 Å². The maximum Gasteiger partial charge on any atom is 0.241 e. The molecule has 1 atom stereocenters. The van der Waals surface area contributed by atoms with E-state index in [1.165, 1.54) is 5.56 Å². The number of hydrogen-bond acceptors (Lipinski definition) is 7. The summed E-state index contributed by atoms with van der Waals surface area (Å²) in [7, 11) is 0. The largest absolute Gasteiger partial charge is 0.467 e. The van der Waals surface area contributed by atoms with Crippen LogP contribution < -0.4 is 16.0 Å². The number of benzene rings is 3. The highest BCUT2D eigenvalue weighted by Gasteiger charge is 2.28. The summed E-state index contributed by atoms with van der Waals surface area (Å²) in [6.07, 6.45) is 4.74. The molecule has 0 radical (unpaired) electrons. The minimum atomic E-state index is -0.120. The molecule has 0 saturated carbocycles. The fourth-order valence-corrected chi connectivity index (χ4v) is 5.45. The Morgan fingerprint density at radius 3 is 2.57 bits per heavy atom. The summed E-state index contributed by atoms with van der Waals surface area (Å²) in [6, 6.07) is 28.2. The number of furan rings is 1. The maximum atomic E-state index is 13.3. The number of nitrogens with zero attached hydrogens (tertiary/aromatic N) is 3. The van der Waals surface area contributed by atoms with Gasteiger partial charge in [-0.15, -0.1) is 0 Å². The third-order valence-electron chi connectivity index (χ3n) is 7.68. The van der Waals surface area contributed by atoms with Gasteiger partial charge < -0.3 is 20.4 Å². The van der Waals surface area contributed by atoms with Crippen LogP contribution >= 0.6 is 0 Å². The molecule has 8 heteroatoms. The first-order valence-electron chi connectivity index (χ1n) is 14.6. The Labute approximate surface area is 246 Å². The van der Waals surface area contributed by atoms with Gasteiger partial charge in [0.2, 0.25) is 11.9 Å². The number of fused-ring (bicyclic) bond motifs is 1. The number of rotatable bonds is 10. The van der Waals surface area contributed by atoms with E-state index in [-0.39, 0.29) is 11.9 Å². The van der Waals surface area contributed by atoms with Crippen molar-refractivity contribution in [3.8, 4) is 0 Å². The number of hydrogen-bond donors (Lipinski definition) is 3. The van der Waals surface area contributed by atoms with Crippen molar-refractivity contribution in [2.75, 3.05) is 22.5 Å². The summed E-state index contributed by atoms with van der Waals surface area (Å²) in [5, 5.41) is 10.9. The molecule has 0 aliphatic carbocycles. The van der Waals surface area contributed by atoms with Gasteiger partial charge in [-0.2, -0.15) is 4.98 Å². The van der Waals surface area contributed by atoms with Crippen LogP contribution in [0.1, 0.15) is 41.7 Å². The molecule has 42 heavy (non-hydrogen) atoms. The molecule has 6 rings (SSSR count). The molecule has 0 bridgehead atoms. The second-order valence-electron chi connectivity index (χ2n) is 10.9. The van der Waals surface area contributed by atoms with Crippen LogP contribution in [0.4, 0.5) is 17.5 Å². The number of piperidine rings is 1. The summed E-state index contributed by atoms with van der Waals surface area (Å²) in [5.41, 5.74) is 5.14. The Morgan fingerprint density at radius 1 is 0.905 bits per heavy atom. The highest BCUT2D eigenvalue weighted by atomic mass is 16.3. The van der Waals surface area contributed by atoms with Crippen LogP contribution in [0.2, 0.25) is 0 Å². The van der Waals surface area contributed by atoms with Crippen molar-refractivity contribution >= 4 is 34.3 Å². The molecule has 3 aromatic carbocycles. The summed E-state index contributed by atoms with van der Waals surface area (Å²) in [6.45, 7) is 4.88. The van der Waals surface area contributed by atoms with Crippen molar-refractivity contribution in [3.63, 3.8) is 0 Å². The van der Waals surface area contributed by atoms with Crippen LogP contribution in [0.25, 0.3) is 10.9 Å². The number of aryl methyl sites for hydroxylation is 1. The Bertz CT molecular complexity index is 1620. The summed E-state index contributed by atoms with van der Waals surface area (Å²) >= 11 is 0. The number of anilines is 3. The molecule has 1 aliphatic heterocycles. The smallest absolute Gasteiger partial charge is 0.241 e. The molecular weight excluding hydrogens is 524 g/mol. The van der Waals surface area contributed by atoms with E-state index in [0.717, 1.165) is 71.6 Å². The van der Waals surface area contributed by atoms with Gasteiger partial charge in [0.05, 0.1) is 24.4 Å². The zero-order valence-corrected chi connectivity index (χ0v) is 23.8. The normalized spacial score (nSPS) is 15.4. The van der Waals surface area contributed by atoms with Gasteiger partial charge in [-0.3, -0.25) is 9.69 Å². The van der Waals surface area contributed by atoms with E-state index in [4.69, 9.17) is 14.4 Å². The highest BCUT2D eigenvalue weighted by Crippen LogP contribution is 2.25. The average molecular weight is 561 g/mol. The molecule has 0 spiro atoms. The summed E-state index contributed by atoms with van der Waals surface area (Å²) in [5.74, 6) is 2.18. The lowest BCUT2D eigenvalue weighted by Gasteiger charge is -2.34. The van der Waals surface area contributed by atoms with E-state index in [0.29, 0.717) is 19.0 Å². The Hall–Kier alpha value is -4.69. The van der Waals surface area contributed by atoms with Crippen molar-refractivity contribution in [1.29, 1.82) is 0 Å². The van der Waals surface area contributed by atoms with Crippen LogP contribution in [0.3, 0.4) is 0 Å². The fraction of sp³-hybridized carbons (Fsp3) is 0.265. The highest BCUT2D eigenvalue weighted by molar-refractivity contribution is 5.95. The number of carbonyl (C=O) groups excluding carboxylic acids is 1. The molecule has 5 aromatic rings. The molecule has 3 heterocycles. The van der Waals surface area contributed by atoms with Crippen LogP contribution in [0.5, 0.6) is 0 Å². The second-order valence-corrected chi connectivity index (χ2v) is 10.9. The van der Waals surface area contributed by atoms with Gasteiger partial charge in [-0.05, 0) is 73.8 Å². The SMILES string of the molecule is Cc1ccc2nc(NCc3ccco3)nc(NCc3ccc(NC(=O)C4CCCCN4Cc4ccccc4)cc3)c2c1. The maximum absolute atomic E-state index is 13.3. The second kappa shape index (κ2) is 12.9. The summed E-state index contributed by atoms with van der Waals surface area (Å²) < 4.78 is 5.43. The van der Waals surface area contributed by atoms with Crippen molar-refractivity contribution in [1.82, 2.24) is 14.9 Å². The van der Waals surface area contributed by atoms with Gasteiger partial charge >= 0.3 is 0 Å². The van der Waals surface area contributed by atoms with E-state index < -0.39 is 0 Å². The van der Waals surface area contributed by atoms with Crippen molar-refractivity contribution in [2.24, 2.45) is 0 Å². The Morgan fingerprint density at radius 2 is 1.76 bits per heavy atom. The minimum Gasteiger partial charge on any atom is -0.467 e. The molecule has 1 amide bonds. The number of likely N-dealkylation sites (tertiary alicyclic amines) is 1. The molecule has 3 N–H and O–H groups in total. The summed E-state index contributed by atoms with van der Waals surface area (Å²) in [4.78, 5) is 25.0. The molecular formula is C34H36N6O2. The van der Waals surface area contributed by atoms with E-state index in [1.807, 2.05) is 48.5 Å². The van der Waals surface area contributed by atoms with Crippen molar-refractivity contribution in [2.45, 2.75) is 51.9 Å². The fourth-order valence-electron chi connectivity index (χ4n) is 5.45. The Kier molecular flexibility index (Phi) is 8.42. The van der Waals surface area contributed by atoms with Gasteiger partial charge in [0.1, 0.15) is 11.6 Å². The molecule has 1 fully saturated rings. The van der Waals surface area contributed by atoms with Crippen LogP contribution in [0.15, 0.2) is 95.6 Å². The molecule has 2 aromatic heterocycles. The third kappa shape index (κ3) is 6.78. The van der Waals surface area contributed by atoms with Gasteiger partial charge in [0.15, 0.2) is 0 Å². The number of aromatic nitrogens is 2. The van der Waals surface area contributed by atoms with E-state index in [1.54, 1.807) is 6.26 Å². The van der Waals surface area contributed by atoms with Gasteiger partial charge in [0, 0.05) is 24.2 Å². The predicted molar refractivity (Wildman–Crippen MR) is 167 cm³/mol. The zero-order valence-electron chi connectivity index (χ0n) is 23.8. The Balaban J connectivity index is 1.10. The topological polar surface area (TPSA) is 95.3 Å². The third-order valence-corrected chi connectivity index (χ3v) is 7.68. The lowest BCUT2D eigenvalue weighted by molar-refractivity contribution is -0.122. The monoisotopic (exact) mass is 560 g/mol. The lowest BCUT2D eigenvalue weighted by atomic mass is 10.00. The van der Waals surface area contributed by atoms with E-state index >= 15 is 0 Å². The standard InChI is InChI=1S/C34H36N6O2/c1-24-12-17-30-29(20-24)32(39-34(38-30)36-22-28-10-7-19-42-28)35-21-25-13-15-27(16-14-25)37-33(41)31-11-5-6-18-40(31)23-26-8-3-2-4-9-26/h2-4,7-10,12-17,19-20,31H,5-6,11,18,21-23H2,1H3,(H,37,41)(H2,35,36,38,39).